The molecule has 0 atom stereocenters. The summed E-state index contributed by atoms with van der Waals surface area (Å²) in [6.07, 6.45) is 0.353. The molecule has 0 saturated carbocycles. The van der Waals surface area contributed by atoms with Gasteiger partial charge in [0.2, 0.25) is 0 Å². The van der Waals surface area contributed by atoms with E-state index < -0.39 is 5.60 Å². The zero-order valence-electron chi connectivity index (χ0n) is 18.0. The molecule has 1 aromatic heterocycles. The number of aryl methyl sites for hydroxylation is 2. The number of hydrogen-bond donors (Lipinski definition) is 0. The van der Waals surface area contributed by atoms with Crippen LogP contribution in [0.3, 0.4) is 0 Å². The van der Waals surface area contributed by atoms with Crippen LogP contribution >= 0.6 is 0 Å². The van der Waals surface area contributed by atoms with Crippen LogP contribution in [0.5, 0.6) is 5.75 Å². The van der Waals surface area contributed by atoms with E-state index in [2.05, 4.69) is 0 Å². The van der Waals surface area contributed by atoms with Gasteiger partial charge in [0.25, 0.3) is 0 Å². The van der Waals surface area contributed by atoms with Crippen molar-refractivity contribution in [1.82, 2.24) is 4.90 Å². The summed E-state index contributed by atoms with van der Waals surface area (Å²) in [5.41, 5.74) is 2.09. The number of carbonyl (C=O) groups excluding carboxylic acids is 1. The molecule has 0 aliphatic carbocycles. The van der Waals surface area contributed by atoms with E-state index in [4.69, 9.17) is 13.9 Å². The minimum atomic E-state index is -0.510. The largest absolute Gasteiger partial charge is 0.493 e. The maximum Gasteiger partial charge on any atom is 0.410 e. The van der Waals surface area contributed by atoms with Crippen LogP contribution in [0.25, 0.3) is 11.0 Å². The summed E-state index contributed by atoms with van der Waals surface area (Å²) in [4.78, 5) is 25.8. The summed E-state index contributed by atoms with van der Waals surface area (Å²) in [5, 5.41) is 0.920. The summed E-state index contributed by atoms with van der Waals surface area (Å²) >= 11 is 0. The fourth-order valence-corrected chi connectivity index (χ4v) is 2.92. The summed E-state index contributed by atoms with van der Waals surface area (Å²) in [6, 6.07) is 3.82. The summed E-state index contributed by atoms with van der Waals surface area (Å²) in [6.45, 7) is 14.6. The molecule has 0 spiro atoms. The van der Waals surface area contributed by atoms with E-state index in [1.54, 1.807) is 11.8 Å². The monoisotopic (exact) mass is 389 g/mol. The second-order valence-electron chi connectivity index (χ2n) is 7.97. The SMILES string of the molecule is CCN(CCCOc1ccc2c(C)c(C)c(=O)oc2c1C)C(=O)OC(C)(C)C. The molecule has 154 valence electrons. The Morgan fingerprint density at radius 2 is 1.79 bits per heavy atom. The summed E-state index contributed by atoms with van der Waals surface area (Å²) < 4.78 is 16.8. The Morgan fingerprint density at radius 3 is 2.39 bits per heavy atom. The fourth-order valence-electron chi connectivity index (χ4n) is 2.92. The van der Waals surface area contributed by atoms with Crippen LogP contribution in [0.4, 0.5) is 4.79 Å². The second kappa shape index (κ2) is 8.67. The topological polar surface area (TPSA) is 69.0 Å². The van der Waals surface area contributed by atoms with Gasteiger partial charge in [-0.15, -0.1) is 0 Å². The highest BCUT2D eigenvalue weighted by Gasteiger charge is 2.20. The first-order chi connectivity index (χ1) is 13.0. The third-order valence-corrected chi connectivity index (χ3v) is 4.69. The number of ether oxygens (including phenoxy) is 2. The Morgan fingerprint density at radius 1 is 1.11 bits per heavy atom. The van der Waals surface area contributed by atoms with Gasteiger partial charge in [0, 0.05) is 29.6 Å². The van der Waals surface area contributed by atoms with Crippen molar-refractivity contribution in [2.45, 2.75) is 60.5 Å². The van der Waals surface area contributed by atoms with Gasteiger partial charge in [0.05, 0.1) is 6.61 Å². The standard InChI is InChI=1S/C22H31NO5/c1-8-23(21(25)28-22(5,6)7)12-9-13-26-18-11-10-17-14(2)15(3)20(24)27-19(17)16(18)4/h10-11H,8-9,12-13H2,1-7H3. The zero-order chi connectivity index (χ0) is 21.1. The number of carbonyl (C=O) groups is 1. The van der Waals surface area contributed by atoms with Crippen molar-refractivity contribution in [2.75, 3.05) is 19.7 Å². The summed E-state index contributed by atoms with van der Waals surface area (Å²) in [5.74, 6) is 0.680. The third-order valence-electron chi connectivity index (χ3n) is 4.69. The van der Waals surface area contributed by atoms with E-state index >= 15 is 0 Å². The predicted octanol–water partition coefficient (Wildman–Crippen LogP) is 4.74. The normalized spacial score (nSPS) is 11.5. The van der Waals surface area contributed by atoms with Gasteiger partial charge in [-0.05, 0) is 72.6 Å². The van der Waals surface area contributed by atoms with E-state index in [0.29, 0.717) is 43.0 Å². The van der Waals surface area contributed by atoms with Crippen LogP contribution in [0.15, 0.2) is 21.3 Å². The molecule has 0 bridgehead atoms. The van der Waals surface area contributed by atoms with Gasteiger partial charge in [-0.3, -0.25) is 0 Å². The van der Waals surface area contributed by atoms with E-state index in [1.807, 2.05) is 53.7 Å². The number of nitrogens with zero attached hydrogens (tertiary/aromatic N) is 1. The lowest BCUT2D eigenvalue weighted by Crippen LogP contribution is -2.37. The maximum absolute atomic E-state index is 12.2. The number of hydrogen-bond acceptors (Lipinski definition) is 5. The van der Waals surface area contributed by atoms with Gasteiger partial charge in [-0.25, -0.2) is 9.59 Å². The van der Waals surface area contributed by atoms with Crippen molar-refractivity contribution in [2.24, 2.45) is 0 Å². The Kier molecular flexibility index (Phi) is 6.75. The van der Waals surface area contributed by atoms with E-state index in [-0.39, 0.29) is 11.7 Å². The zero-order valence-corrected chi connectivity index (χ0v) is 18.0. The second-order valence-corrected chi connectivity index (χ2v) is 7.97. The van der Waals surface area contributed by atoms with Crippen molar-refractivity contribution >= 4 is 17.1 Å². The van der Waals surface area contributed by atoms with Crippen LogP contribution in [0.1, 0.15) is 50.8 Å². The lowest BCUT2D eigenvalue weighted by atomic mass is 10.0. The Hall–Kier alpha value is -2.50. The van der Waals surface area contributed by atoms with Gasteiger partial charge in [0.15, 0.2) is 0 Å². The minimum absolute atomic E-state index is 0.315. The molecule has 0 radical (unpaired) electrons. The average Bonchev–Trinajstić information content (AvgIpc) is 2.60. The Balaban J connectivity index is 2.02. The molecule has 28 heavy (non-hydrogen) atoms. The van der Waals surface area contributed by atoms with Crippen molar-refractivity contribution < 1.29 is 18.7 Å². The summed E-state index contributed by atoms with van der Waals surface area (Å²) in [7, 11) is 0. The van der Waals surface area contributed by atoms with Crippen LogP contribution in [0, 0.1) is 20.8 Å². The molecule has 1 amide bonds. The number of fused-ring (bicyclic) bond motifs is 1. The lowest BCUT2D eigenvalue weighted by molar-refractivity contribution is 0.0252. The van der Waals surface area contributed by atoms with Crippen molar-refractivity contribution in [3.63, 3.8) is 0 Å². The molecule has 0 fully saturated rings. The lowest BCUT2D eigenvalue weighted by Gasteiger charge is -2.26. The Bertz CT molecular complexity index is 908. The molecule has 0 saturated heterocycles. The molecule has 2 aromatic rings. The van der Waals surface area contributed by atoms with Crippen molar-refractivity contribution in [3.05, 3.63) is 39.2 Å². The minimum Gasteiger partial charge on any atom is -0.493 e. The molecule has 0 N–H and O–H groups in total. The fraction of sp³-hybridized carbons (Fsp3) is 0.545. The molecule has 0 unspecified atom stereocenters. The van der Waals surface area contributed by atoms with Crippen LogP contribution in [-0.2, 0) is 4.74 Å². The van der Waals surface area contributed by atoms with Crippen molar-refractivity contribution in [1.29, 1.82) is 0 Å². The van der Waals surface area contributed by atoms with Gasteiger partial charge < -0.3 is 18.8 Å². The highest BCUT2D eigenvalue weighted by atomic mass is 16.6. The number of rotatable bonds is 6. The molecule has 1 heterocycles. The van der Waals surface area contributed by atoms with Gasteiger partial charge in [-0.1, -0.05) is 0 Å². The van der Waals surface area contributed by atoms with Crippen LogP contribution in [0.2, 0.25) is 0 Å². The molecule has 6 heteroatoms. The molecule has 6 nitrogen and oxygen atoms in total. The number of benzene rings is 1. The van der Waals surface area contributed by atoms with Gasteiger partial charge >= 0.3 is 11.7 Å². The first-order valence-corrected chi connectivity index (χ1v) is 9.69. The van der Waals surface area contributed by atoms with Crippen LogP contribution in [-0.4, -0.2) is 36.3 Å². The predicted molar refractivity (Wildman–Crippen MR) is 110 cm³/mol. The Labute approximate surface area is 166 Å². The molecule has 0 aliphatic heterocycles. The molecule has 1 aromatic carbocycles. The molecule has 0 aliphatic rings. The van der Waals surface area contributed by atoms with Crippen LogP contribution < -0.4 is 10.4 Å². The quantitative estimate of drug-likeness (QED) is 0.527. The first-order valence-electron chi connectivity index (χ1n) is 9.69. The molecular formula is C22H31NO5. The number of amides is 1. The third kappa shape index (κ3) is 5.06. The van der Waals surface area contributed by atoms with E-state index in [0.717, 1.165) is 16.5 Å². The van der Waals surface area contributed by atoms with E-state index in [1.165, 1.54) is 0 Å². The van der Waals surface area contributed by atoms with Gasteiger partial charge in [-0.2, -0.15) is 0 Å². The highest BCUT2D eigenvalue weighted by Crippen LogP contribution is 2.29. The average molecular weight is 389 g/mol. The van der Waals surface area contributed by atoms with Gasteiger partial charge in [0.1, 0.15) is 16.9 Å². The van der Waals surface area contributed by atoms with E-state index in [9.17, 15) is 9.59 Å². The van der Waals surface area contributed by atoms with Crippen molar-refractivity contribution in [3.8, 4) is 5.75 Å². The molecule has 2 rings (SSSR count). The first kappa shape index (κ1) is 21.8. The highest BCUT2D eigenvalue weighted by molar-refractivity contribution is 5.85. The maximum atomic E-state index is 12.2. The smallest absolute Gasteiger partial charge is 0.410 e. The molecular weight excluding hydrogens is 358 g/mol.